The first-order valence-electron chi connectivity index (χ1n) is 9.48. The molecule has 2 aromatic heterocycles. The van der Waals surface area contributed by atoms with Gasteiger partial charge in [0, 0.05) is 31.6 Å². The predicted octanol–water partition coefficient (Wildman–Crippen LogP) is 2.45. The molecule has 0 spiro atoms. The highest BCUT2D eigenvalue weighted by atomic mass is 79.9. The van der Waals surface area contributed by atoms with Crippen LogP contribution in [0.1, 0.15) is 11.1 Å². The highest BCUT2D eigenvalue weighted by Crippen LogP contribution is 2.33. The van der Waals surface area contributed by atoms with E-state index in [4.69, 9.17) is 4.42 Å². The number of furan rings is 1. The SMILES string of the molecule is Brc1ccccc1C[n+]1cnn(Cc2c(-c3ccccc3)oc3ccccc23)c1.[Br-]. The van der Waals surface area contributed by atoms with Crippen LogP contribution >= 0.6 is 15.9 Å². The van der Waals surface area contributed by atoms with Gasteiger partial charge in [-0.05, 0) is 12.1 Å². The van der Waals surface area contributed by atoms with Crippen LogP contribution in [0.2, 0.25) is 0 Å². The van der Waals surface area contributed by atoms with Gasteiger partial charge in [0.1, 0.15) is 17.9 Å². The molecule has 5 aromatic rings. The zero-order chi connectivity index (χ0) is 19.6. The molecule has 30 heavy (non-hydrogen) atoms. The maximum atomic E-state index is 6.22. The Kier molecular flexibility index (Phi) is 6.16. The van der Waals surface area contributed by atoms with E-state index < -0.39 is 0 Å². The van der Waals surface area contributed by atoms with Gasteiger partial charge in [-0.1, -0.05) is 82.7 Å². The van der Waals surface area contributed by atoms with E-state index in [0.717, 1.165) is 38.9 Å². The van der Waals surface area contributed by atoms with Gasteiger partial charge < -0.3 is 21.4 Å². The first-order chi connectivity index (χ1) is 14.3. The number of hydrogen-bond donors (Lipinski definition) is 0. The molecule has 0 amide bonds. The van der Waals surface area contributed by atoms with Crippen molar-refractivity contribution in [3.8, 4) is 11.3 Å². The monoisotopic (exact) mass is 523 g/mol. The third-order valence-corrected chi connectivity index (χ3v) is 5.77. The van der Waals surface area contributed by atoms with E-state index >= 15 is 0 Å². The largest absolute Gasteiger partial charge is 1.00 e. The molecule has 0 aliphatic carbocycles. The fourth-order valence-electron chi connectivity index (χ4n) is 3.59. The number of hydrogen-bond acceptors (Lipinski definition) is 2. The average molecular weight is 525 g/mol. The van der Waals surface area contributed by atoms with E-state index in [-0.39, 0.29) is 17.0 Å². The summed E-state index contributed by atoms with van der Waals surface area (Å²) in [6.07, 6.45) is 3.90. The Hall–Kier alpha value is -2.70. The molecule has 0 saturated carbocycles. The Morgan fingerprint density at radius 2 is 1.63 bits per heavy atom. The Balaban J connectivity index is 0.00000218. The topological polar surface area (TPSA) is 34.8 Å². The Labute approximate surface area is 193 Å². The molecule has 0 aliphatic rings. The second-order valence-corrected chi connectivity index (χ2v) is 7.83. The number of benzene rings is 3. The van der Waals surface area contributed by atoms with Crippen LogP contribution in [0.15, 0.2) is 100 Å². The molecule has 0 aliphatic heterocycles. The van der Waals surface area contributed by atoms with Crippen molar-refractivity contribution in [2.75, 3.05) is 0 Å². The van der Waals surface area contributed by atoms with Gasteiger partial charge in [-0.2, -0.15) is 0 Å². The molecule has 0 atom stereocenters. The number of halogens is 2. The summed E-state index contributed by atoms with van der Waals surface area (Å²) in [6.45, 7) is 1.41. The van der Waals surface area contributed by atoms with Crippen LogP contribution in [0.3, 0.4) is 0 Å². The van der Waals surface area contributed by atoms with Crippen LogP contribution in [-0.4, -0.2) is 9.78 Å². The summed E-state index contributed by atoms with van der Waals surface area (Å²) in [5.74, 6) is 0.902. The molecule has 5 rings (SSSR count). The molecule has 0 unspecified atom stereocenters. The van der Waals surface area contributed by atoms with E-state index in [0.29, 0.717) is 6.54 Å². The molecule has 0 N–H and O–H groups in total. The second-order valence-electron chi connectivity index (χ2n) is 6.98. The van der Waals surface area contributed by atoms with Crippen molar-refractivity contribution in [1.29, 1.82) is 0 Å². The molecule has 0 fully saturated rings. The fourth-order valence-corrected chi connectivity index (χ4v) is 4.00. The van der Waals surface area contributed by atoms with Crippen LogP contribution in [0.4, 0.5) is 0 Å². The second kappa shape index (κ2) is 8.98. The van der Waals surface area contributed by atoms with Gasteiger partial charge in [-0.25, -0.2) is 4.57 Å². The zero-order valence-electron chi connectivity index (χ0n) is 16.1. The summed E-state index contributed by atoms with van der Waals surface area (Å²) >= 11 is 3.62. The van der Waals surface area contributed by atoms with Gasteiger partial charge in [-0.3, -0.25) is 0 Å². The van der Waals surface area contributed by atoms with E-state index in [1.165, 1.54) is 5.56 Å². The highest BCUT2D eigenvalue weighted by molar-refractivity contribution is 9.10. The summed E-state index contributed by atoms with van der Waals surface area (Å²) < 4.78 is 11.4. The lowest BCUT2D eigenvalue weighted by Crippen LogP contribution is -3.00. The minimum atomic E-state index is 0. The smallest absolute Gasteiger partial charge is 0.265 e. The summed E-state index contributed by atoms with van der Waals surface area (Å²) in [4.78, 5) is 0. The number of aromatic nitrogens is 3. The van der Waals surface area contributed by atoms with Crippen LogP contribution in [-0.2, 0) is 13.1 Å². The van der Waals surface area contributed by atoms with E-state index in [2.05, 4.69) is 62.0 Å². The van der Waals surface area contributed by atoms with Crippen molar-refractivity contribution in [2.45, 2.75) is 13.1 Å². The minimum absolute atomic E-state index is 0. The van der Waals surface area contributed by atoms with Crippen molar-refractivity contribution < 1.29 is 26.0 Å². The first-order valence-corrected chi connectivity index (χ1v) is 10.3. The molecule has 6 heteroatoms. The maximum Gasteiger partial charge on any atom is 0.265 e. The molecule has 0 radical (unpaired) electrons. The average Bonchev–Trinajstić information content (AvgIpc) is 3.35. The summed E-state index contributed by atoms with van der Waals surface area (Å²) in [7, 11) is 0. The van der Waals surface area contributed by atoms with E-state index in [1.54, 1.807) is 0 Å². The predicted molar refractivity (Wildman–Crippen MR) is 116 cm³/mol. The maximum absolute atomic E-state index is 6.22. The number of rotatable bonds is 5. The van der Waals surface area contributed by atoms with Gasteiger partial charge in [0.15, 0.2) is 0 Å². The lowest BCUT2D eigenvalue weighted by Gasteiger charge is -2.01. The van der Waals surface area contributed by atoms with Crippen LogP contribution < -0.4 is 21.5 Å². The quantitative estimate of drug-likeness (QED) is 0.331. The van der Waals surface area contributed by atoms with Crippen molar-refractivity contribution in [3.05, 3.63) is 107 Å². The number of fused-ring (bicyclic) bond motifs is 1. The first kappa shape index (κ1) is 20.6. The van der Waals surface area contributed by atoms with Gasteiger partial charge >= 0.3 is 0 Å². The summed E-state index contributed by atoms with van der Waals surface area (Å²) in [5, 5.41) is 5.71. The Morgan fingerprint density at radius 3 is 2.47 bits per heavy atom. The third kappa shape index (κ3) is 4.11. The van der Waals surface area contributed by atoms with E-state index in [9.17, 15) is 0 Å². The van der Waals surface area contributed by atoms with Gasteiger partial charge in [0.25, 0.3) is 6.33 Å². The van der Waals surface area contributed by atoms with Crippen molar-refractivity contribution >= 4 is 26.9 Å². The van der Waals surface area contributed by atoms with Gasteiger partial charge in [-0.15, -0.1) is 4.68 Å². The lowest BCUT2D eigenvalue weighted by atomic mass is 10.1. The number of nitrogens with zero attached hydrogens (tertiary/aromatic N) is 3. The molecule has 4 nitrogen and oxygen atoms in total. The van der Waals surface area contributed by atoms with Crippen molar-refractivity contribution in [3.63, 3.8) is 0 Å². The summed E-state index contributed by atoms with van der Waals surface area (Å²) in [6, 6.07) is 26.7. The van der Waals surface area contributed by atoms with Gasteiger partial charge in [0.05, 0.1) is 6.54 Å². The molecule has 150 valence electrons. The lowest BCUT2D eigenvalue weighted by molar-refractivity contribution is -0.689. The van der Waals surface area contributed by atoms with Crippen molar-refractivity contribution in [1.82, 2.24) is 9.78 Å². The summed E-state index contributed by atoms with van der Waals surface area (Å²) in [5.41, 5.74) is 4.33. The van der Waals surface area contributed by atoms with E-state index in [1.807, 2.05) is 59.8 Å². The minimum Gasteiger partial charge on any atom is -1.00 e. The molecule has 3 aromatic carbocycles. The van der Waals surface area contributed by atoms with Crippen LogP contribution in [0.5, 0.6) is 0 Å². The molecule has 2 heterocycles. The Morgan fingerprint density at radius 1 is 0.900 bits per heavy atom. The Bertz CT molecular complexity index is 1280. The van der Waals surface area contributed by atoms with Gasteiger partial charge in [0.2, 0.25) is 6.33 Å². The normalized spacial score (nSPS) is 10.8. The number of para-hydroxylation sites is 1. The highest BCUT2D eigenvalue weighted by Gasteiger charge is 2.19. The van der Waals surface area contributed by atoms with Crippen LogP contribution in [0.25, 0.3) is 22.3 Å². The standard InChI is InChI=1S/C24H19BrN3O.BrH/c25-22-12-6-4-10-19(22)14-27-16-26-28(17-27)15-21-20-11-5-7-13-23(20)29-24(21)18-8-2-1-3-9-18;/h1-13,16-17H,14-15H2;1H/q+1;/p-1. The molecular weight excluding hydrogens is 506 g/mol. The fraction of sp³-hybridized carbons (Fsp3) is 0.0833. The van der Waals surface area contributed by atoms with Crippen molar-refractivity contribution in [2.24, 2.45) is 0 Å². The molecule has 0 saturated heterocycles. The third-order valence-electron chi connectivity index (χ3n) is 5.00. The molecular formula is C24H19Br2N3O. The van der Waals surface area contributed by atoms with Crippen LogP contribution in [0, 0.1) is 0 Å². The zero-order valence-corrected chi connectivity index (χ0v) is 19.3. The molecule has 0 bridgehead atoms.